The van der Waals surface area contributed by atoms with Crippen molar-refractivity contribution in [3.63, 3.8) is 0 Å². The van der Waals surface area contributed by atoms with Crippen LogP contribution < -0.4 is 15.8 Å². The van der Waals surface area contributed by atoms with Gasteiger partial charge in [-0.1, -0.05) is 29.8 Å². The average molecular weight is 397 g/mol. The van der Waals surface area contributed by atoms with Crippen molar-refractivity contribution >= 4 is 35.6 Å². The lowest BCUT2D eigenvalue weighted by molar-refractivity contribution is 0.414. The molecule has 0 heterocycles. The molecule has 0 fully saturated rings. The first kappa shape index (κ1) is 17.3. The van der Waals surface area contributed by atoms with E-state index in [1.54, 1.807) is 7.11 Å². The summed E-state index contributed by atoms with van der Waals surface area (Å²) in [7, 11) is 1.65. The van der Waals surface area contributed by atoms with Gasteiger partial charge in [0, 0.05) is 5.69 Å². The van der Waals surface area contributed by atoms with Gasteiger partial charge in [0.1, 0.15) is 5.75 Å². The van der Waals surface area contributed by atoms with Gasteiger partial charge in [0.15, 0.2) is 5.96 Å². The molecule has 2 aromatic carbocycles. The maximum absolute atomic E-state index is 5.87. The molecule has 5 heteroatoms. The molecule has 0 unspecified atom stereocenters. The van der Waals surface area contributed by atoms with Gasteiger partial charge < -0.3 is 15.8 Å². The molecule has 21 heavy (non-hydrogen) atoms. The van der Waals surface area contributed by atoms with Crippen LogP contribution >= 0.6 is 24.0 Å². The number of halogens is 1. The summed E-state index contributed by atoms with van der Waals surface area (Å²) in [4.78, 5) is 4.32. The summed E-state index contributed by atoms with van der Waals surface area (Å²) in [5.74, 6) is 1.22. The standard InChI is InChI=1S/C16H19N3O.HI/c1-12-6-8-14(9-7-12)19-16(17)18-11-13-4-3-5-15(10-13)20-2;/h3-10H,11H2,1-2H3,(H3,17,18,19);1H. The Morgan fingerprint density at radius 1 is 1.19 bits per heavy atom. The van der Waals surface area contributed by atoms with Crippen molar-refractivity contribution in [1.82, 2.24) is 0 Å². The maximum atomic E-state index is 5.87. The van der Waals surface area contributed by atoms with Gasteiger partial charge in [-0.15, -0.1) is 24.0 Å². The third-order valence-electron chi connectivity index (χ3n) is 2.89. The Bertz CT molecular complexity index is 597. The molecule has 0 bridgehead atoms. The molecule has 2 rings (SSSR count). The molecule has 0 radical (unpaired) electrons. The molecular weight excluding hydrogens is 377 g/mol. The Labute approximate surface area is 142 Å². The van der Waals surface area contributed by atoms with Crippen LogP contribution in [-0.2, 0) is 6.54 Å². The second-order valence-corrected chi connectivity index (χ2v) is 4.54. The van der Waals surface area contributed by atoms with Gasteiger partial charge in [-0.05, 0) is 36.8 Å². The monoisotopic (exact) mass is 397 g/mol. The minimum atomic E-state index is 0. The Morgan fingerprint density at radius 2 is 1.90 bits per heavy atom. The van der Waals surface area contributed by atoms with Crippen LogP contribution in [0.4, 0.5) is 5.69 Å². The molecular formula is C16H20IN3O. The second kappa shape index (κ2) is 8.51. The highest BCUT2D eigenvalue weighted by atomic mass is 127. The number of methoxy groups -OCH3 is 1. The number of anilines is 1. The van der Waals surface area contributed by atoms with Crippen LogP contribution in [0.5, 0.6) is 5.75 Å². The summed E-state index contributed by atoms with van der Waals surface area (Å²) < 4.78 is 5.17. The van der Waals surface area contributed by atoms with Crippen LogP contribution in [0.1, 0.15) is 11.1 Å². The van der Waals surface area contributed by atoms with E-state index >= 15 is 0 Å². The molecule has 0 aromatic heterocycles. The van der Waals surface area contributed by atoms with Crippen molar-refractivity contribution in [3.05, 3.63) is 59.7 Å². The van der Waals surface area contributed by atoms with E-state index in [-0.39, 0.29) is 24.0 Å². The topological polar surface area (TPSA) is 59.6 Å². The SMILES string of the molecule is COc1cccc(CN=C(N)Nc2ccc(C)cc2)c1.I. The van der Waals surface area contributed by atoms with E-state index in [1.165, 1.54) is 5.56 Å². The van der Waals surface area contributed by atoms with Gasteiger partial charge in [0.2, 0.25) is 0 Å². The number of nitrogens with one attached hydrogen (secondary N) is 1. The molecule has 0 aliphatic rings. The van der Waals surface area contributed by atoms with Gasteiger partial charge in [0.05, 0.1) is 13.7 Å². The maximum Gasteiger partial charge on any atom is 0.193 e. The number of ether oxygens (including phenoxy) is 1. The van der Waals surface area contributed by atoms with Crippen LogP contribution in [0.2, 0.25) is 0 Å². The largest absolute Gasteiger partial charge is 0.497 e. The van der Waals surface area contributed by atoms with Gasteiger partial charge in [-0.25, -0.2) is 4.99 Å². The molecule has 0 spiro atoms. The lowest BCUT2D eigenvalue weighted by Crippen LogP contribution is -2.22. The van der Waals surface area contributed by atoms with Crippen molar-refractivity contribution in [2.24, 2.45) is 10.7 Å². The number of nitrogens with two attached hydrogens (primary N) is 1. The molecule has 0 aliphatic heterocycles. The summed E-state index contributed by atoms with van der Waals surface area (Å²) in [6, 6.07) is 15.8. The minimum Gasteiger partial charge on any atom is -0.497 e. The Balaban J connectivity index is 0.00000220. The lowest BCUT2D eigenvalue weighted by Gasteiger charge is -2.06. The predicted octanol–water partition coefficient (Wildman–Crippen LogP) is 3.55. The van der Waals surface area contributed by atoms with E-state index in [0.29, 0.717) is 12.5 Å². The number of hydrogen-bond donors (Lipinski definition) is 2. The van der Waals surface area contributed by atoms with E-state index in [4.69, 9.17) is 10.5 Å². The minimum absolute atomic E-state index is 0. The zero-order valence-corrected chi connectivity index (χ0v) is 14.5. The Morgan fingerprint density at radius 3 is 2.57 bits per heavy atom. The van der Waals surface area contributed by atoms with Crippen LogP contribution in [0.25, 0.3) is 0 Å². The summed E-state index contributed by atoms with van der Waals surface area (Å²) in [5, 5.41) is 3.06. The first-order valence-corrected chi connectivity index (χ1v) is 6.44. The van der Waals surface area contributed by atoms with Crippen LogP contribution in [-0.4, -0.2) is 13.1 Å². The summed E-state index contributed by atoms with van der Waals surface area (Å²) in [5.41, 5.74) is 9.07. The fourth-order valence-corrected chi connectivity index (χ4v) is 1.77. The number of aliphatic imine (C=N–C) groups is 1. The van der Waals surface area contributed by atoms with Gasteiger partial charge in [-0.3, -0.25) is 0 Å². The van der Waals surface area contributed by atoms with Crippen molar-refractivity contribution in [2.75, 3.05) is 12.4 Å². The van der Waals surface area contributed by atoms with Crippen molar-refractivity contribution in [2.45, 2.75) is 13.5 Å². The molecule has 0 amide bonds. The van der Waals surface area contributed by atoms with Gasteiger partial charge in [0.25, 0.3) is 0 Å². The number of rotatable bonds is 4. The summed E-state index contributed by atoms with van der Waals surface area (Å²) >= 11 is 0. The first-order chi connectivity index (χ1) is 9.67. The quantitative estimate of drug-likeness (QED) is 0.471. The Kier molecular flexibility index (Phi) is 7.01. The van der Waals surface area contributed by atoms with Crippen molar-refractivity contribution < 1.29 is 4.74 Å². The van der Waals surface area contributed by atoms with Crippen molar-refractivity contribution in [3.8, 4) is 5.75 Å². The van der Waals surface area contributed by atoms with E-state index in [0.717, 1.165) is 17.0 Å². The first-order valence-electron chi connectivity index (χ1n) is 6.44. The molecule has 0 atom stereocenters. The molecule has 3 N–H and O–H groups in total. The molecule has 2 aromatic rings. The molecule has 4 nitrogen and oxygen atoms in total. The number of guanidine groups is 1. The highest BCUT2D eigenvalue weighted by molar-refractivity contribution is 14.0. The third kappa shape index (κ3) is 5.63. The average Bonchev–Trinajstić information content (AvgIpc) is 2.48. The molecule has 0 saturated heterocycles. The van der Waals surface area contributed by atoms with Crippen LogP contribution in [0.3, 0.4) is 0 Å². The zero-order valence-electron chi connectivity index (χ0n) is 12.2. The van der Waals surface area contributed by atoms with E-state index in [9.17, 15) is 0 Å². The van der Waals surface area contributed by atoms with Crippen molar-refractivity contribution in [1.29, 1.82) is 0 Å². The summed E-state index contributed by atoms with van der Waals surface area (Å²) in [6.45, 7) is 2.56. The number of benzene rings is 2. The van der Waals surface area contributed by atoms with E-state index < -0.39 is 0 Å². The van der Waals surface area contributed by atoms with Gasteiger partial charge in [-0.2, -0.15) is 0 Å². The normalized spacial score (nSPS) is 10.7. The fraction of sp³-hybridized carbons (Fsp3) is 0.188. The lowest BCUT2D eigenvalue weighted by atomic mass is 10.2. The zero-order chi connectivity index (χ0) is 14.4. The summed E-state index contributed by atoms with van der Waals surface area (Å²) in [6.07, 6.45) is 0. The smallest absolute Gasteiger partial charge is 0.193 e. The molecule has 112 valence electrons. The predicted molar refractivity (Wildman–Crippen MR) is 98.5 cm³/mol. The third-order valence-corrected chi connectivity index (χ3v) is 2.89. The van der Waals surface area contributed by atoms with Gasteiger partial charge >= 0.3 is 0 Å². The van der Waals surface area contributed by atoms with E-state index in [1.807, 2.05) is 55.5 Å². The number of hydrogen-bond acceptors (Lipinski definition) is 2. The number of nitrogens with zero attached hydrogens (tertiary/aromatic N) is 1. The van der Waals surface area contributed by atoms with Crippen LogP contribution in [0.15, 0.2) is 53.5 Å². The highest BCUT2D eigenvalue weighted by Gasteiger charge is 1.97. The highest BCUT2D eigenvalue weighted by Crippen LogP contribution is 2.13. The Hall–Kier alpha value is -1.76. The molecule has 0 aliphatic carbocycles. The number of aryl methyl sites for hydroxylation is 1. The van der Waals surface area contributed by atoms with E-state index in [2.05, 4.69) is 10.3 Å². The van der Waals surface area contributed by atoms with Crippen LogP contribution in [0, 0.1) is 6.92 Å². The second-order valence-electron chi connectivity index (χ2n) is 4.54. The fourth-order valence-electron chi connectivity index (χ4n) is 1.77. The molecule has 0 saturated carbocycles.